The Kier molecular flexibility index (Phi) is 4.98. The van der Waals surface area contributed by atoms with Crippen molar-refractivity contribution in [1.29, 1.82) is 0 Å². The number of carbonyl (C=O) groups excluding carboxylic acids is 1. The van der Waals surface area contributed by atoms with Gasteiger partial charge in [-0.15, -0.1) is 0 Å². The van der Waals surface area contributed by atoms with Gasteiger partial charge in [-0.05, 0) is 49.6 Å². The molecule has 0 saturated carbocycles. The Morgan fingerprint density at radius 2 is 2.39 bits per heavy atom. The fraction of sp³-hybridized carbons (Fsp3) is 0.412. The molecule has 1 amide bonds. The van der Waals surface area contributed by atoms with E-state index in [0.717, 1.165) is 37.3 Å². The lowest BCUT2D eigenvalue weighted by Gasteiger charge is -2.15. The van der Waals surface area contributed by atoms with Gasteiger partial charge in [0.1, 0.15) is 0 Å². The smallest absolute Gasteiger partial charge is 0.251 e. The van der Waals surface area contributed by atoms with Gasteiger partial charge in [-0.25, -0.2) is 4.98 Å². The summed E-state index contributed by atoms with van der Waals surface area (Å²) in [6, 6.07) is 5.37. The molecule has 1 atom stereocenters. The normalized spacial score (nSPS) is 18.3. The van der Waals surface area contributed by atoms with Crippen LogP contribution in [-0.4, -0.2) is 40.4 Å². The molecule has 122 valence electrons. The molecular weight excluding hydrogens is 312 g/mol. The van der Waals surface area contributed by atoms with Gasteiger partial charge in [0, 0.05) is 42.1 Å². The zero-order chi connectivity index (χ0) is 16.2. The Morgan fingerprint density at radius 1 is 1.52 bits per heavy atom. The van der Waals surface area contributed by atoms with E-state index >= 15 is 0 Å². The summed E-state index contributed by atoms with van der Waals surface area (Å²) in [5, 5.41) is 3.72. The molecule has 1 aromatic heterocycles. The highest BCUT2D eigenvalue weighted by Crippen LogP contribution is 2.18. The van der Waals surface area contributed by atoms with Gasteiger partial charge in [0.15, 0.2) is 0 Å². The van der Waals surface area contributed by atoms with E-state index in [0.29, 0.717) is 23.0 Å². The lowest BCUT2D eigenvalue weighted by atomic mass is 10.1. The summed E-state index contributed by atoms with van der Waals surface area (Å²) >= 11 is 6.00. The molecule has 0 bridgehead atoms. The third-order valence-electron chi connectivity index (χ3n) is 4.29. The maximum atomic E-state index is 12.2. The van der Waals surface area contributed by atoms with Crippen molar-refractivity contribution >= 4 is 17.5 Å². The summed E-state index contributed by atoms with van der Waals surface area (Å²) in [5.41, 5.74) is 2.72. The van der Waals surface area contributed by atoms with E-state index in [2.05, 4.69) is 20.2 Å². The molecule has 0 aliphatic carbocycles. The van der Waals surface area contributed by atoms with E-state index in [1.54, 1.807) is 18.5 Å². The quantitative estimate of drug-likeness (QED) is 0.884. The largest absolute Gasteiger partial charge is 0.352 e. The number of aromatic amines is 1. The predicted molar refractivity (Wildman–Crippen MR) is 90.5 cm³/mol. The first-order valence-corrected chi connectivity index (χ1v) is 8.23. The molecule has 0 radical (unpaired) electrons. The fourth-order valence-corrected chi connectivity index (χ4v) is 3.08. The van der Waals surface area contributed by atoms with Crippen LogP contribution < -0.4 is 5.32 Å². The van der Waals surface area contributed by atoms with E-state index in [9.17, 15) is 4.79 Å². The van der Waals surface area contributed by atoms with Gasteiger partial charge in [-0.3, -0.25) is 9.69 Å². The molecule has 2 heterocycles. The molecule has 5 nitrogen and oxygen atoms in total. The zero-order valence-electron chi connectivity index (χ0n) is 13.2. The molecule has 0 unspecified atom stereocenters. The molecule has 1 aliphatic rings. The van der Waals surface area contributed by atoms with Crippen molar-refractivity contribution in [2.45, 2.75) is 19.9 Å². The third-order valence-corrected chi connectivity index (χ3v) is 4.71. The van der Waals surface area contributed by atoms with Crippen LogP contribution >= 0.6 is 11.6 Å². The zero-order valence-corrected chi connectivity index (χ0v) is 13.9. The SMILES string of the molecule is Cc1cc(C(=O)NC[C@H]2CCN(Cc3cnc[nH]3)C2)ccc1Cl. The van der Waals surface area contributed by atoms with Gasteiger partial charge in [-0.1, -0.05) is 11.6 Å². The molecule has 1 aliphatic heterocycles. The number of amides is 1. The van der Waals surface area contributed by atoms with Crippen molar-refractivity contribution in [3.63, 3.8) is 0 Å². The molecule has 3 rings (SSSR count). The van der Waals surface area contributed by atoms with Gasteiger partial charge in [0.25, 0.3) is 5.91 Å². The van der Waals surface area contributed by atoms with Gasteiger partial charge in [0.2, 0.25) is 0 Å². The molecule has 2 N–H and O–H groups in total. The number of nitrogens with one attached hydrogen (secondary N) is 2. The average molecular weight is 333 g/mol. The van der Waals surface area contributed by atoms with Gasteiger partial charge in [0.05, 0.1) is 6.33 Å². The van der Waals surface area contributed by atoms with E-state index in [1.165, 1.54) is 0 Å². The Labute approximate surface area is 141 Å². The second kappa shape index (κ2) is 7.15. The molecule has 6 heteroatoms. The maximum Gasteiger partial charge on any atom is 0.251 e. The van der Waals surface area contributed by atoms with Crippen molar-refractivity contribution in [3.8, 4) is 0 Å². The van der Waals surface area contributed by atoms with E-state index < -0.39 is 0 Å². The Bertz CT molecular complexity index is 671. The van der Waals surface area contributed by atoms with Crippen LogP contribution in [0.5, 0.6) is 0 Å². The number of nitrogens with zero attached hydrogens (tertiary/aromatic N) is 2. The number of aryl methyl sites for hydroxylation is 1. The van der Waals surface area contributed by atoms with Crippen LogP contribution in [0.2, 0.25) is 5.02 Å². The number of carbonyl (C=O) groups is 1. The monoisotopic (exact) mass is 332 g/mol. The lowest BCUT2D eigenvalue weighted by Crippen LogP contribution is -2.31. The van der Waals surface area contributed by atoms with Crippen LogP contribution in [0, 0.1) is 12.8 Å². The minimum atomic E-state index is -0.0308. The summed E-state index contributed by atoms with van der Waals surface area (Å²) in [7, 11) is 0. The molecule has 2 aromatic rings. The Hall–Kier alpha value is -1.85. The maximum absolute atomic E-state index is 12.2. The molecule has 23 heavy (non-hydrogen) atoms. The van der Waals surface area contributed by atoms with Crippen molar-refractivity contribution in [2.24, 2.45) is 5.92 Å². The predicted octanol–water partition coefficient (Wildman–Crippen LogP) is 2.62. The van der Waals surface area contributed by atoms with E-state index in [1.807, 2.05) is 19.2 Å². The minimum Gasteiger partial charge on any atom is -0.352 e. The number of aromatic nitrogens is 2. The highest BCUT2D eigenvalue weighted by molar-refractivity contribution is 6.31. The first-order valence-electron chi connectivity index (χ1n) is 7.86. The summed E-state index contributed by atoms with van der Waals surface area (Å²) in [6.45, 7) is 5.56. The Balaban J connectivity index is 1.47. The van der Waals surface area contributed by atoms with Crippen molar-refractivity contribution in [3.05, 3.63) is 52.6 Å². The molecule has 1 fully saturated rings. The fourth-order valence-electron chi connectivity index (χ4n) is 2.96. The average Bonchev–Trinajstić information content (AvgIpc) is 3.20. The summed E-state index contributed by atoms with van der Waals surface area (Å²) in [6.07, 6.45) is 4.67. The lowest BCUT2D eigenvalue weighted by molar-refractivity contribution is 0.0947. The number of likely N-dealkylation sites (tertiary alicyclic amines) is 1. The summed E-state index contributed by atoms with van der Waals surface area (Å²) < 4.78 is 0. The number of hydrogen-bond acceptors (Lipinski definition) is 3. The number of benzene rings is 1. The highest BCUT2D eigenvalue weighted by Gasteiger charge is 2.23. The van der Waals surface area contributed by atoms with Gasteiger partial charge in [-0.2, -0.15) is 0 Å². The standard InChI is InChI=1S/C17H21ClN4O/c1-12-6-14(2-3-16(12)18)17(23)20-7-13-4-5-22(9-13)10-15-8-19-11-21-15/h2-3,6,8,11,13H,4-5,7,9-10H2,1H3,(H,19,21)(H,20,23)/t13-/m1/s1. The third kappa shape index (κ3) is 4.12. The molecular formula is C17H21ClN4O. The number of halogens is 1. The van der Waals surface area contributed by atoms with Crippen LogP contribution in [-0.2, 0) is 6.54 Å². The number of rotatable bonds is 5. The highest BCUT2D eigenvalue weighted by atomic mass is 35.5. The van der Waals surface area contributed by atoms with Crippen LogP contribution in [0.1, 0.15) is 28.0 Å². The molecule has 1 aromatic carbocycles. The summed E-state index contributed by atoms with van der Waals surface area (Å²) in [5.74, 6) is 0.465. The minimum absolute atomic E-state index is 0.0308. The van der Waals surface area contributed by atoms with Crippen molar-refractivity contribution in [1.82, 2.24) is 20.2 Å². The van der Waals surface area contributed by atoms with Crippen LogP contribution in [0.4, 0.5) is 0 Å². The van der Waals surface area contributed by atoms with Crippen molar-refractivity contribution < 1.29 is 4.79 Å². The van der Waals surface area contributed by atoms with Crippen LogP contribution in [0.3, 0.4) is 0 Å². The first kappa shape index (κ1) is 16.0. The second-order valence-corrected chi connectivity index (χ2v) is 6.55. The number of hydrogen-bond donors (Lipinski definition) is 2. The van der Waals surface area contributed by atoms with Gasteiger partial charge < -0.3 is 10.3 Å². The number of H-pyrrole nitrogens is 1. The summed E-state index contributed by atoms with van der Waals surface area (Å²) in [4.78, 5) is 21.8. The van der Waals surface area contributed by atoms with Gasteiger partial charge >= 0.3 is 0 Å². The van der Waals surface area contributed by atoms with Crippen molar-refractivity contribution in [2.75, 3.05) is 19.6 Å². The first-order chi connectivity index (χ1) is 11.1. The molecule has 1 saturated heterocycles. The molecule has 0 spiro atoms. The number of imidazole rings is 1. The topological polar surface area (TPSA) is 61.0 Å². The van der Waals surface area contributed by atoms with Crippen LogP contribution in [0.15, 0.2) is 30.7 Å². The Morgan fingerprint density at radius 3 is 3.13 bits per heavy atom. The van der Waals surface area contributed by atoms with E-state index in [-0.39, 0.29) is 5.91 Å². The second-order valence-electron chi connectivity index (χ2n) is 6.14. The van der Waals surface area contributed by atoms with Crippen LogP contribution in [0.25, 0.3) is 0 Å². The van der Waals surface area contributed by atoms with E-state index in [4.69, 9.17) is 11.6 Å².